The molecule has 0 radical (unpaired) electrons. The number of imide groups is 1. The van der Waals surface area contributed by atoms with Crippen LogP contribution in [0.3, 0.4) is 0 Å². The van der Waals surface area contributed by atoms with Crippen molar-refractivity contribution in [3.05, 3.63) is 0 Å². The van der Waals surface area contributed by atoms with Gasteiger partial charge in [0, 0.05) is 39.0 Å². The molecular formula is C15H25N3O4. The second-order valence-electron chi connectivity index (χ2n) is 6.21. The Labute approximate surface area is 131 Å². The van der Waals surface area contributed by atoms with Crippen LogP contribution in [-0.2, 0) is 19.1 Å². The Balaban J connectivity index is 1.81. The van der Waals surface area contributed by atoms with E-state index in [4.69, 9.17) is 4.74 Å². The molecule has 0 aliphatic carbocycles. The average molecular weight is 311 g/mol. The van der Waals surface area contributed by atoms with Gasteiger partial charge in [0.1, 0.15) is 0 Å². The number of nitrogens with zero attached hydrogens (tertiary/aromatic N) is 2. The van der Waals surface area contributed by atoms with E-state index in [0.717, 1.165) is 13.1 Å². The Morgan fingerprint density at radius 2 is 1.77 bits per heavy atom. The van der Waals surface area contributed by atoms with Gasteiger partial charge >= 0.3 is 0 Å². The second-order valence-corrected chi connectivity index (χ2v) is 6.21. The van der Waals surface area contributed by atoms with Gasteiger partial charge in [-0.1, -0.05) is 0 Å². The number of hydrogen-bond acceptors (Lipinski definition) is 5. The lowest BCUT2D eigenvalue weighted by atomic mass is 10.0. The van der Waals surface area contributed by atoms with Crippen molar-refractivity contribution < 1.29 is 19.1 Å². The van der Waals surface area contributed by atoms with Crippen molar-refractivity contribution >= 4 is 17.7 Å². The maximum atomic E-state index is 12.4. The lowest BCUT2D eigenvalue weighted by molar-refractivity contribution is -0.148. The Morgan fingerprint density at radius 1 is 1.18 bits per heavy atom. The van der Waals surface area contributed by atoms with Crippen LogP contribution < -0.4 is 5.32 Å². The number of piperidine rings is 1. The summed E-state index contributed by atoms with van der Waals surface area (Å²) >= 11 is 0. The van der Waals surface area contributed by atoms with Gasteiger partial charge in [0.05, 0.1) is 18.8 Å². The van der Waals surface area contributed by atoms with E-state index in [9.17, 15) is 14.4 Å². The number of nitrogens with one attached hydrogen (secondary N) is 1. The Bertz CT molecular complexity index is 428. The molecule has 0 saturated carbocycles. The van der Waals surface area contributed by atoms with Crippen molar-refractivity contribution in [2.24, 2.45) is 0 Å². The SMILES string of the molecule is CC(C)(C(=O)NCCN1C(=O)CCCC1=O)N1CCOCC1. The largest absolute Gasteiger partial charge is 0.379 e. The lowest BCUT2D eigenvalue weighted by Gasteiger charge is -2.39. The molecule has 2 aliphatic rings. The standard InChI is InChI=1S/C15H25N3O4/c1-15(2,17-8-10-22-11-9-17)14(21)16-6-7-18-12(19)4-3-5-13(18)20/h3-11H2,1-2H3,(H,16,21). The van der Waals surface area contributed by atoms with E-state index >= 15 is 0 Å². The van der Waals surface area contributed by atoms with E-state index in [0.29, 0.717) is 39.0 Å². The van der Waals surface area contributed by atoms with Gasteiger partial charge in [0.25, 0.3) is 0 Å². The second kappa shape index (κ2) is 7.19. The molecule has 124 valence electrons. The van der Waals surface area contributed by atoms with Crippen molar-refractivity contribution in [3.8, 4) is 0 Å². The Kier molecular flexibility index (Phi) is 5.52. The first-order valence-corrected chi connectivity index (χ1v) is 7.87. The van der Waals surface area contributed by atoms with Crippen LogP contribution in [0.4, 0.5) is 0 Å². The van der Waals surface area contributed by atoms with Crippen LogP contribution in [0.15, 0.2) is 0 Å². The fourth-order valence-corrected chi connectivity index (χ4v) is 2.81. The zero-order valence-corrected chi connectivity index (χ0v) is 13.4. The summed E-state index contributed by atoms with van der Waals surface area (Å²) in [5.74, 6) is -0.373. The monoisotopic (exact) mass is 311 g/mol. The van der Waals surface area contributed by atoms with Crippen molar-refractivity contribution in [2.45, 2.75) is 38.6 Å². The van der Waals surface area contributed by atoms with Crippen molar-refractivity contribution in [3.63, 3.8) is 0 Å². The molecule has 2 rings (SSSR count). The molecule has 7 nitrogen and oxygen atoms in total. The third-order valence-electron chi connectivity index (χ3n) is 4.36. The zero-order chi connectivity index (χ0) is 16.2. The first kappa shape index (κ1) is 16.9. The first-order chi connectivity index (χ1) is 10.4. The molecule has 22 heavy (non-hydrogen) atoms. The summed E-state index contributed by atoms with van der Waals surface area (Å²) in [6.45, 7) is 7.02. The van der Waals surface area contributed by atoms with Crippen LogP contribution in [0.1, 0.15) is 33.1 Å². The number of rotatable bonds is 5. The normalized spacial score (nSPS) is 21.1. The van der Waals surface area contributed by atoms with Crippen LogP contribution in [0, 0.1) is 0 Å². The summed E-state index contributed by atoms with van der Waals surface area (Å²) in [5.41, 5.74) is -0.625. The summed E-state index contributed by atoms with van der Waals surface area (Å²) in [6, 6.07) is 0. The minimum Gasteiger partial charge on any atom is -0.379 e. The Hall–Kier alpha value is -1.47. The fraction of sp³-hybridized carbons (Fsp3) is 0.800. The molecule has 2 aliphatic heterocycles. The summed E-state index contributed by atoms with van der Waals surface area (Å²) in [5, 5.41) is 2.84. The highest BCUT2D eigenvalue weighted by molar-refractivity contribution is 5.97. The first-order valence-electron chi connectivity index (χ1n) is 7.87. The van der Waals surface area contributed by atoms with E-state index in [2.05, 4.69) is 10.2 Å². The molecule has 0 aromatic rings. The van der Waals surface area contributed by atoms with Gasteiger partial charge in [-0.05, 0) is 20.3 Å². The molecule has 0 aromatic carbocycles. The molecular weight excluding hydrogens is 286 g/mol. The third kappa shape index (κ3) is 3.84. The van der Waals surface area contributed by atoms with Gasteiger partial charge in [-0.3, -0.25) is 24.2 Å². The molecule has 1 N–H and O–H groups in total. The van der Waals surface area contributed by atoms with Crippen LogP contribution in [0.2, 0.25) is 0 Å². The van der Waals surface area contributed by atoms with Crippen molar-refractivity contribution in [2.75, 3.05) is 39.4 Å². The molecule has 3 amide bonds. The summed E-state index contributed by atoms with van der Waals surface area (Å²) in [4.78, 5) is 39.1. The van der Waals surface area contributed by atoms with Crippen LogP contribution in [0.25, 0.3) is 0 Å². The van der Waals surface area contributed by atoms with Gasteiger partial charge in [0.15, 0.2) is 0 Å². The number of likely N-dealkylation sites (tertiary alicyclic amines) is 1. The van der Waals surface area contributed by atoms with E-state index in [1.165, 1.54) is 4.90 Å². The number of amides is 3. The highest BCUT2D eigenvalue weighted by Gasteiger charge is 2.35. The van der Waals surface area contributed by atoms with Gasteiger partial charge in [-0.2, -0.15) is 0 Å². The zero-order valence-electron chi connectivity index (χ0n) is 13.4. The van der Waals surface area contributed by atoms with E-state index in [1.54, 1.807) is 0 Å². The molecule has 0 spiro atoms. The van der Waals surface area contributed by atoms with Crippen molar-refractivity contribution in [1.82, 2.24) is 15.1 Å². The third-order valence-corrected chi connectivity index (χ3v) is 4.36. The van der Waals surface area contributed by atoms with Gasteiger partial charge in [0.2, 0.25) is 17.7 Å². The van der Waals surface area contributed by atoms with E-state index in [-0.39, 0.29) is 24.3 Å². The number of ether oxygens (including phenoxy) is 1. The van der Waals surface area contributed by atoms with Crippen LogP contribution in [0.5, 0.6) is 0 Å². The molecule has 2 fully saturated rings. The van der Waals surface area contributed by atoms with Gasteiger partial charge in [-0.15, -0.1) is 0 Å². The van der Waals surface area contributed by atoms with Crippen molar-refractivity contribution in [1.29, 1.82) is 0 Å². The van der Waals surface area contributed by atoms with Crippen LogP contribution >= 0.6 is 0 Å². The lowest BCUT2D eigenvalue weighted by Crippen LogP contribution is -2.58. The summed E-state index contributed by atoms with van der Waals surface area (Å²) < 4.78 is 5.30. The summed E-state index contributed by atoms with van der Waals surface area (Å²) in [6.07, 6.45) is 1.46. The smallest absolute Gasteiger partial charge is 0.240 e. The quantitative estimate of drug-likeness (QED) is 0.709. The molecule has 0 bridgehead atoms. The maximum absolute atomic E-state index is 12.4. The summed E-state index contributed by atoms with van der Waals surface area (Å²) in [7, 11) is 0. The van der Waals surface area contributed by atoms with Gasteiger partial charge in [-0.25, -0.2) is 0 Å². The van der Waals surface area contributed by atoms with Gasteiger partial charge < -0.3 is 10.1 Å². The minimum atomic E-state index is -0.625. The highest BCUT2D eigenvalue weighted by atomic mass is 16.5. The van der Waals surface area contributed by atoms with E-state index in [1.807, 2.05) is 13.8 Å². The maximum Gasteiger partial charge on any atom is 0.240 e. The molecule has 2 heterocycles. The number of hydrogen-bond donors (Lipinski definition) is 1. The minimum absolute atomic E-state index is 0.0914. The average Bonchev–Trinajstić information content (AvgIpc) is 2.51. The topological polar surface area (TPSA) is 79.0 Å². The van der Waals surface area contributed by atoms with Crippen LogP contribution in [-0.4, -0.2) is 72.5 Å². The number of carbonyl (C=O) groups is 3. The predicted octanol–water partition coefficient (Wildman–Crippen LogP) is -0.247. The molecule has 0 aromatic heterocycles. The molecule has 2 saturated heterocycles. The van der Waals surface area contributed by atoms with E-state index < -0.39 is 5.54 Å². The predicted molar refractivity (Wildman–Crippen MR) is 80.1 cm³/mol. The molecule has 0 unspecified atom stereocenters. The molecule has 7 heteroatoms. The number of carbonyl (C=O) groups excluding carboxylic acids is 3. The highest BCUT2D eigenvalue weighted by Crippen LogP contribution is 2.16. The fourth-order valence-electron chi connectivity index (χ4n) is 2.81. The molecule has 0 atom stereocenters. The number of morpholine rings is 1. The Morgan fingerprint density at radius 3 is 2.36 bits per heavy atom.